The van der Waals surface area contributed by atoms with Gasteiger partial charge in [-0.2, -0.15) is 13.2 Å². The average molecular weight is 585 g/mol. The van der Waals surface area contributed by atoms with E-state index in [0.29, 0.717) is 30.1 Å². The lowest BCUT2D eigenvalue weighted by molar-refractivity contribution is -0.137. The number of carbonyl (C=O) groups excluding carboxylic acids is 2. The number of aliphatic hydroxyl groups excluding tert-OH is 1. The summed E-state index contributed by atoms with van der Waals surface area (Å²) in [5.41, 5.74) is 2.55. The van der Waals surface area contributed by atoms with Crippen LogP contribution in [0.15, 0.2) is 66.7 Å². The van der Waals surface area contributed by atoms with Crippen LogP contribution in [0.4, 0.5) is 39.8 Å². The minimum absolute atomic E-state index is 0.0618. The molecule has 1 heterocycles. The summed E-state index contributed by atoms with van der Waals surface area (Å²) in [6.45, 7) is 1.93. The zero-order valence-corrected chi connectivity index (χ0v) is 23.0. The van der Waals surface area contributed by atoms with Crippen LogP contribution < -0.4 is 25.4 Å². The Labute approximate surface area is 240 Å². The summed E-state index contributed by atoms with van der Waals surface area (Å²) in [5.74, 6) is 0.480. The summed E-state index contributed by atoms with van der Waals surface area (Å²) in [6, 6.07) is 14.8. The van der Waals surface area contributed by atoms with Crippen molar-refractivity contribution in [1.82, 2.24) is 4.90 Å². The van der Waals surface area contributed by atoms with Crippen LogP contribution >= 0.6 is 0 Å². The maximum absolute atomic E-state index is 13.6. The Kier molecular flexibility index (Phi) is 9.58. The molecular formula is C30H31F3N4O5. The molecule has 3 aromatic carbocycles. The van der Waals surface area contributed by atoms with Gasteiger partial charge in [0.2, 0.25) is 0 Å². The largest absolute Gasteiger partial charge is 0.495 e. The molecule has 0 saturated carbocycles. The molecule has 0 atom stereocenters. The molecule has 0 aliphatic carbocycles. The number of anilines is 3. The highest BCUT2D eigenvalue weighted by molar-refractivity contribution is 6.00. The summed E-state index contributed by atoms with van der Waals surface area (Å²) in [4.78, 5) is 26.7. The lowest BCUT2D eigenvalue weighted by Crippen LogP contribution is -2.38. The topological polar surface area (TPSA) is 112 Å². The van der Waals surface area contributed by atoms with E-state index >= 15 is 0 Å². The average Bonchev–Trinajstić information content (AvgIpc) is 2.96. The van der Waals surface area contributed by atoms with E-state index in [0.717, 1.165) is 28.8 Å². The molecule has 0 saturated heterocycles. The van der Waals surface area contributed by atoms with Gasteiger partial charge >= 0.3 is 18.2 Å². The van der Waals surface area contributed by atoms with Crippen molar-refractivity contribution < 1.29 is 37.3 Å². The van der Waals surface area contributed by atoms with Crippen LogP contribution in [0.3, 0.4) is 0 Å². The van der Waals surface area contributed by atoms with Crippen molar-refractivity contribution in [2.24, 2.45) is 0 Å². The van der Waals surface area contributed by atoms with Crippen LogP contribution in [-0.2, 0) is 6.18 Å². The minimum Gasteiger partial charge on any atom is -0.495 e. The van der Waals surface area contributed by atoms with Gasteiger partial charge in [0.05, 0.1) is 30.7 Å². The van der Waals surface area contributed by atoms with Gasteiger partial charge in [-0.15, -0.1) is 0 Å². The Morgan fingerprint density at radius 3 is 2.38 bits per heavy atom. The second-order valence-corrected chi connectivity index (χ2v) is 9.49. The first-order valence-corrected chi connectivity index (χ1v) is 13.1. The van der Waals surface area contributed by atoms with Crippen LogP contribution in [0.2, 0.25) is 0 Å². The molecule has 1 aliphatic rings. The van der Waals surface area contributed by atoms with Crippen molar-refractivity contribution >= 4 is 34.7 Å². The van der Waals surface area contributed by atoms with E-state index in [4.69, 9.17) is 14.6 Å². The Morgan fingerprint density at radius 2 is 1.74 bits per heavy atom. The maximum atomic E-state index is 13.6. The molecule has 12 heteroatoms. The number of alkyl halides is 3. The van der Waals surface area contributed by atoms with Crippen LogP contribution in [0, 0.1) is 6.92 Å². The molecule has 42 heavy (non-hydrogen) atoms. The van der Waals surface area contributed by atoms with Crippen molar-refractivity contribution in [3.63, 3.8) is 0 Å². The second kappa shape index (κ2) is 13.3. The van der Waals surface area contributed by atoms with E-state index in [9.17, 15) is 22.8 Å². The molecule has 4 amide bonds. The zero-order chi connectivity index (χ0) is 30.3. The Bertz CT molecular complexity index is 1460. The molecule has 222 valence electrons. The lowest BCUT2D eigenvalue weighted by atomic mass is 9.99. The number of ether oxygens (including phenoxy) is 2. The van der Waals surface area contributed by atoms with Crippen molar-refractivity contribution in [3.8, 4) is 11.5 Å². The highest BCUT2D eigenvalue weighted by Crippen LogP contribution is 2.37. The third-order valence-corrected chi connectivity index (χ3v) is 6.51. The first-order chi connectivity index (χ1) is 20.1. The van der Waals surface area contributed by atoms with Crippen LogP contribution in [0.25, 0.3) is 5.57 Å². The molecule has 9 nitrogen and oxygen atoms in total. The summed E-state index contributed by atoms with van der Waals surface area (Å²) < 4.78 is 51.2. The predicted molar refractivity (Wildman–Crippen MR) is 154 cm³/mol. The van der Waals surface area contributed by atoms with Gasteiger partial charge in [-0.1, -0.05) is 24.3 Å². The van der Waals surface area contributed by atoms with Gasteiger partial charge < -0.3 is 35.4 Å². The molecule has 0 aromatic heterocycles. The quantitative estimate of drug-likeness (QED) is 0.246. The summed E-state index contributed by atoms with van der Waals surface area (Å²) >= 11 is 0. The number of nitrogens with one attached hydrogen (secondary N) is 3. The summed E-state index contributed by atoms with van der Waals surface area (Å²) in [5, 5.41) is 16.8. The van der Waals surface area contributed by atoms with Crippen LogP contribution in [-0.4, -0.2) is 55.5 Å². The van der Waals surface area contributed by atoms with Crippen molar-refractivity contribution in [2.45, 2.75) is 19.5 Å². The predicted octanol–water partition coefficient (Wildman–Crippen LogP) is 6.36. The van der Waals surface area contributed by atoms with E-state index < -0.39 is 23.8 Å². The van der Waals surface area contributed by atoms with Gasteiger partial charge in [0.25, 0.3) is 0 Å². The number of halogens is 3. The van der Waals surface area contributed by atoms with Gasteiger partial charge in [0, 0.05) is 18.8 Å². The van der Waals surface area contributed by atoms with E-state index in [1.165, 1.54) is 18.1 Å². The molecule has 4 rings (SSSR count). The number of benzene rings is 3. The summed E-state index contributed by atoms with van der Waals surface area (Å²) in [7, 11) is 1.53. The first kappa shape index (κ1) is 30.3. The minimum atomic E-state index is -4.72. The first-order valence-electron chi connectivity index (χ1n) is 13.1. The molecule has 0 unspecified atom stereocenters. The van der Waals surface area contributed by atoms with Crippen molar-refractivity contribution in [3.05, 3.63) is 83.4 Å². The molecule has 0 fully saturated rings. The number of urea groups is 2. The molecule has 0 bridgehead atoms. The maximum Gasteiger partial charge on any atom is 0.418 e. The standard InChI is InChI=1S/C30H31F3N4O5/c1-19-3-10-27(41-2)26(17-19)35-28(39)34-22-6-4-20(5-7-22)21-11-13-37(14-12-21)29(40)36-25-9-8-23(42-16-15-38)18-24(25)30(31,32)33/h3-11,17-18,38H,12-16H2,1-2H3,(H,36,40)(H2,34,35,39). The molecule has 0 radical (unpaired) electrons. The third-order valence-electron chi connectivity index (χ3n) is 6.51. The fraction of sp³-hybridized carbons (Fsp3) is 0.267. The van der Waals surface area contributed by atoms with E-state index in [1.54, 1.807) is 24.3 Å². The summed E-state index contributed by atoms with van der Waals surface area (Å²) in [6.07, 6.45) is -2.38. The fourth-order valence-electron chi connectivity index (χ4n) is 4.40. The van der Waals surface area contributed by atoms with Crippen molar-refractivity contribution in [2.75, 3.05) is 49.4 Å². The van der Waals surface area contributed by atoms with Crippen molar-refractivity contribution in [1.29, 1.82) is 0 Å². The number of aliphatic hydroxyl groups is 1. The Balaban J connectivity index is 1.35. The number of methoxy groups -OCH3 is 1. The number of nitrogens with zero attached hydrogens (tertiary/aromatic N) is 1. The van der Waals surface area contributed by atoms with Crippen LogP contribution in [0.5, 0.6) is 11.5 Å². The van der Waals surface area contributed by atoms with Gasteiger partial charge in [0.15, 0.2) is 0 Å². The van der Waals surface area contributed by atoms with E-state index in [-0.39, 0.29) is 31.2 Å². The SMILES string of the molecule is COc1ccc(C)cc1NC(=O)Nc1ccc(C2=CCN(C(=O)Nc3ccc(OCCO)cc3C(F)(F)F)CC2)cc1. The number of hydrogen-bond donors (Lipinski definition) is 4. The molecule has 3 aromatic rings. The Hall–Kier alpha value is -4.71. The number of carbonyl (C=O) groups is 2. The molecule has 1 aliphatic heterocycles. The van der Waals surface area contributed by atoms with E-state index in [1.807, 2.05) is 31.2 Å². The Morgan fingerprint density at radius 1 is 0.976 bits per heavy atom. The number of hydrogen-bond acceptors (Lipinski definition) is 5. The second-order valence-electron chi connectivity index (χ2n) is 9.49. The monoisotopic (exact) mass is 584 g/mol. The normalized spacial score (nSPS) is 13.2. The number of amides is 4. The molecule has 0 spiro atoms. The van der Waals surface area contributed by atoms with Gasteiger partial charge in [0.1, 0.15) is 18.1 Å². The third kappa shape index (κ3) is 7.72. The highest BCUT2D eigenvalue weighted by atomic mass is 19.4. The van der Waals surface area contributed by atoms with Gasteiger partial charge in [-0.25, -0.2) is 9.59 Å². The lowest BCUT2D eigenvalue weighted by Gasteiger charge is -2.27. The van der Waals surface area contributed by atoms with Gasteiger partial charge in [-0.05, 0) is 72.5 Å². The molecular weight excluding hydrogens is 553 g/mol. The highest BCUT2D eigenvalue weighted by Gasteiger charge is 2.35. The molecule has 4 N–H and O–H groups in total. The van der Waals surface area contributed by atoms with Crippen LogP contribution in [0.1, 0.15) is 23.1 Å². The fourth-order valence-corrected chi connectivity index (χ4v) is 4.40. The number of aryl methyl sites for hydroxylation is 1. The smallest absolute Gasteiger partial charge is 0.418 e. The van der Waals surface area contributed by atoms with E-state index in [2.05, 4.69) is 16.0 Å². The zero-order valence-electron chi connectivity index (χ0n) is 23.0. The number of rotatable bonds is 8. The van der Waals surface area contributed by atoms with Gasteiger partial charge in [-0.3, -0.25) is 0 Å².